The van der Waals surface area contributed by atoms with Gasteiger partial charge in [-0.3, -0.25) is 4.79 Å². The van der Waals surface area contributed by atoms with Gasteiger partial charge in [0.15, 0.2) is 5.82 Å². The van der Waals surface area contributed by atoms with Crippen molar-refractivity contribution in [2.75, 3.05) is 18.9 Å². The van der Waals surface area contributed by atoms with E-state index in [-0.39, 0.29) is 29.5 Å². The minimum absolute atomic E-state index is 0.0808. The number of alkyl halides is 3. The number of halogens is 3. The Morgan fingerprint density at radius 2 is 1.81 bits per heavy atom. The second kappa shape index (κ2) is 7.20. The van der Waals surface area contributed by atoms with E-state index in [2.05, 4.69) is 20.8 Å². The zero-order valence-electron chi connectivity index (χ0n) is 14.1. The monoisotopic (exact) mass is 376 g/mol. The fourth-order valence-corrected chi connectivity index (χ4v) is 2.64. The Morgan fingerprint density at radius 3 is 2.44 bits per heavy atom. The SMILES string of the molecule is CNCC(=O)Nc1nnc(-c2ccc(C(F)(F)F)cc2O)c2ccccc12. The number of amides is 1. The summed E-state index contributed by atoms with van der Waals surface area (Å²) in [6, 6.07) is 9.49. The fourth-order valence-electron chi connectivity index (χ4n) is 2.64. The van der Waals surface area contributed by atoms with Crippen molar-refractivity contribution in [1.82, 2.24) is 15.5 Å². The van der Waals surface area contributed by atoms with E-state index in [1.54, 1.807) is 31.3 Å². The standard InChI is InChI=1S/C18H15F3N4O2/c1-22-9-15(27)23-17-12-5-3-2-4-11(12)16(24-25-17)13-7-6-10(8-14(13)26)18(19,20)21/h2-8,22,26H,9H2,1H3,(H,23,25,27). The number of fused-ring (bicyclic) bond motifs is 1. The lowest BCUT2D eigenvalue weighted by atomic mass is 10.0. The van der Waals surface area contributed by atoms with Crippen LogP contribution < -0.4 is 10.6 Å². The van der Waals surface area contributed by atoms with Crippen molar-refractivity contribution in [3.8, 4) is 17.0 Å². The van der Waals surface area contributed by atoms with Crippen LogP contribution in [0.25, 0.3) is 22.0 Å². The lowest BCUT2D eigenvalue weighted by Gasteiger charge is -2.13. The summed E-state index contributed by atoms with van der Waals surface area (Å²) in [4.78, 5) is 11.8. The van der Waals surface area contributed by atoms with Crippen LogP contribution in [0.15, 0.2) is 42.5 Å². The lowest BCUT2D eigenvalue weighted by molar-refractivity contribution is -0.137. The summed E-state index contributed by atoms with van der Waals surface area (Å²) < 4.78 is 38.4. The second-order valence-corrected chi connectivity index (χ2v) is 5.75. The molecule has 3 N–H and O–H groups in total. The van der Waals surface area contributed by atoms with Gasteiger partial charge in [-0.25, -0.2) is 0 Å². The molecule has 6 nitrogen and oxygen atoms in total. The molecule has 0 saturated carbocycles. The van der Waals surface area contributed by atoms with E-state index >= 15 is 0 Å². The quantitative estimate of drug-likeness (QED) is 0.651. The highest BCUT2D eigenvalue weighted by Gasteiger charge is 2.31. The molecule has 0 spiro atoms. The smallest absolute Gasteiger partial charge is 0.416 e. The molecule has 27 heavy (non-hydrogen) atoms. The molecule has 1 heterocycles. The first kappa shape index (κ1) is 18.6. The van der Waals surface area contributed by atoms with Crippen molar-refractivity contribution in [3.05, 3.63) is 48.0 Å². The third-order valence-electron chi connectivity index (χ3n) is 3.86. The molecule has 0 bridgehead atoms. The van der Waals surface area contributed by atoms with Gasteiger partial charge in [0.2, 0.25) is 5.91 Å². The van der Waals surface area contributed by atoms with Gasteiger partial charge in [-0.1, -0.05) is 24.3 Å². The lowest BCUT2D eigenvalue weighted by Crippen LogP contribution is -2.25. The Kier molecular flexibility index (Phi) is 4.95. The van der Waals surface area contributed by atoms with Gasteiger partial charge in [-0.15, -0.1) is 10.2 Å². The molecule has 140 valence electrons. The summed E-state index contributed by atoms with van der Waals surface area (Å²) in [5, 5.41) is 24.5. The molecule has 0 fully saturated rings. The molecule has 1 amide bonds. The molecule has 3 aromatic rings. The molecule has 0 radical (unpaired) electrons. The number of phenols is 1. The third-order valence-corrected chi connectivity index (χ3v) is 3.86. The van der Waals surface area contributed by atoms with Crippen LogP contribution in [0.1, 0.15) is 5.56 Å². The highest BCUT2D eigenvalue weighted by atomic mass is 19.4. The summed E-state index contributed by atoms with van der Waals surface area (Å²) >= 11 is 0. The van der Waals surface area contributed by atoms with Gasteiger partial charge in [0.05, 0.1) is 12.1 Å². The van der Waals surface area contributed by atoms with Crippen LogP contribution in [-0.2, 0) is 11.0 Å². The van der Waals surface area contributed by atoms with Gasteiger partial charge in [-0.05, 0) is 25.2 Å². The van der Waals surface area contributed by atoms with Crippen LogP contribution in [0.3, 0.4) is 0 Å². The number of likely N-dealkylation sites (N-methyl/N-ethyl adjacent to an activating group) is 1. The van der Waals surface area contributed by atoms with Gasteiger partial charge in [-0.2, -0.15) is 13.2 Å². The number of anilines is 1. The topological polar surface area (TPSA) is 87.1 Å². The van der Waals surface area contributed by atoms with Crippen molar-refractivity contribution >= 4 is 22.5 Å². The Hall–Kier alpha value is -3.20. The Bertz CT molecular complexity index is 1010. The highest BCUT2D eigenvalue weighted by Crippen LogP contribution is 2.38. The molecule has 0 aliphatic rings. The van der Waals surface area contributed by atoms with E-state index in [0.717, 1.165) is 12.1 Å². The first-order valence-electron chi connectivity index (χ1n) is 7.91. The van der Waals surface area contributed by atoms with Crippen LogP contribution in [0.4, 0.5) is 19.0 Å². The number of carbonyl (C=O) groups is 1. The van der Waals surface area contributed by atoms with E-state index in [4.69, 9.17) is 0 Å². The number of rotatable bonds is 4. The zero-order valence-corrected chi connectivity index (χ0v) is 14.1. The minimum atomic E-state index is -4.56. The average molecular weight is 376 g/mol. The number of aromatic hydroxyl groups is 1. The van der Waals surface area contributed by atoms with Crippen molar-refractivity contribution in [2.24, 2.45) is 0 Å². The van der Waals surface area contributed by atoms with Crippen molar-refractivity contribution in [2.45, 2.75) is 6.18 Å². The molecule has 3 rings (SSSR count). The normalized spacial score (nSPS) is 11.6. The van der Waals surface area contributed by atoms with Crippen LogP contribution >= 0.6 is 0 Å². The van der Waals surface area contributed by atoms with E-state index in [1.807, 2.05) is 0 Å². The summed E-state index contributed by atoms with van der Waals surface area (Å²) in [5.41, 5.74) is -0.639. The number of hydrogen-bond acceptors (Lipinski definition) is 5. The Morgan fingerprint density at radius 1 is 1.11 bits per heavy atom. The van der Waals surface area contributed by atoms with E-state index in [9.17, 15) is 23.1 Å². The zero-order chi connectivity index (χ0) is 19.6. The first-order chi connectivity index (χ1) is 12.8. The Balaban J connectivity index is 2.10. The van der Waals surface area contributed by atoms with Crippen molar-refractivity contribution < 1.29 is 23.1 Å². The number of aromatic nitrogens is 2. The molecule has 9 heteroatoms. The number of carbonyl (C=O) groups excluding carboxylic acids is 1. The molecule has 1 aromatic heterocycles. The number of nitrogens with zero attached hydrogens (tertiary/aromatic N) is 2. The molecule has 0 atom stereocenters. The predicted molar refractivity (Wildman–Crippen MR) is 94.2 cm³/mol. The number of nitrogens with one attached hydrogen (secondary N) is 2. The summed E-state index contributed by atoms with van der Waals surface area (Å²) in [6.07, 6.45) is -4.56. The van der Waals surface area contributed by atoms with Gasteiger partial charge in [0.1, 0.15) is 11.4 Å². The van der Waals surface area contributed by atoms with E-state index in [1.165, 1.54) is 0 Å². The average Bonchev–Trinajstić information content (AvgIpc) is 2.62. The van der Waals surface area contributed by atoms with Crippen molar-refractivity contribution in [3.63, 3.8) is 0 Å². The number of benzene rings is 2. The minimum Gasteiger partial charge on any atom is -0.507 e. The first-order valence-corrected chi connectivity index (χ1v) is 7.91. The number of hydrogen-bond donors (Lipinski definition) is 3. The second-order valence-electron chi connectivity index (χ2n) is 5.75. The molecule has 0 unspecified atom stereocenters. The molecule has 0 aliphatic heterocycles. The third kappa shape index (κ3) is 3.82. The maximum atomic E-state index is 12.8. The molecule has 0 aliphatic carbocycles. The maximum absolute atomic E-state index is 12.8. The highest BCUT2D eigenvalue weighted by molar-refractivity contribution is 6.05. The van der Waals surface area contributed by atoms with Crippen LogP contribution in [0, 0.1) is 0 Å². The van der Waals surface area contributed by atoms with E-state index < -0.39 is 17.5 Å². The van der Waals surface area contributed by atoms with Gasteiger partial charge in [0.25, 0.3) is 0 Å². The van der Waals surface area contributed by atoms with Crippen LogP contribution in [0.2, 0.25) is 0 Å². The van der Waals surface area contributed by atoms with Gasteiger partial charge < -0.3 is 15.7 Å². The fraction of sp³-hybridized carbons (Fsp3) is 0.167. The van der Waals surface area contributed by atoms with Crippen molar-refractivity contribution in [1.29, 1.82) is 0 Å². The predicted octanol–water partition coefficient (Wildman–Crippen LogP) is 3.18. The molecular weight excluding hydrogens is 361 g/mol. The molecule has 0 saturated heterocycles. The van der Waals surface area contributed by atoms with Crippen LogP contribution in [0.5, 0.6) is 5.75 Å². The van der Waals surface area contributed by atoms with E-state index in [0.29, 0.717) is 16.8 Å². The summed E-state index contributed by atoms with van der Waals surface area (Å²) in [7, 11) is 1.62. The Labute approximate surface area is 152 Å². The maximum Gasteiger partial charge on any atom is 0.416 e. The van der Waals surface area contributed by atoms with Crippen LogP contribution in [-0.4, -0.2) is 34.8 Å². The van der Waals surface area contributed by atoms with Gasteiger partial charge in [0, 0.05) is 16.3 Å². The summed E-state index contributed by atoms with van der Waals surface area (Å²) in [6.45, 7) is 0.0808. The largest absolute Gasteiger partial charge is 0.507 e. The number of phenolic OH excluding ortho intramolecular Hbond substituents is 1. The summed E-state index contributed by atoms with van der Waals surface area (Å²) in [5.74, 6) is -0.653. The molecule has 2 aromatic carbocycles. The molecular formula is C18H15F3N4O2. The van der Waals surface area contributed by atoms with Gasteiger partial charge >= 0.3 is 6.18 Å².